The van der Waals surface area contributed by atoms with Crippen LogP contribution in [0.5, 0.6) is 5.75 Å². The Bertz CT molecular complexity index is 357. The maximum Gasteiger partial charge on any atom is 0.338 e. The molecule has 100 valence electrons. The van der Waals surface area contributed by atoms with E-state index in [4.69, 9.17) is 9.84 Å². The van der Waals surface area contributed by atoms with Gasteiger partial charge in [0.1, 0.15) is 5.75 Å². The number of hydrogen-bond donors (Lipinski definition) is 1. The molecule has 0 radical (unpaired) electrons. The highest BCUT2D eigenvalue weighted by molar-refractivity contribution is 5.89. The maximum absolute atomic E-state index is 11.7. The van der Waals surface area contributed by atoms with Crippen molar-refractivity contribution in [2.75, 3.05) is 6.61 Å². The Balaban J connectivity index is 2.42. The van der Waals surface area contributed by atoms with Gasteiger partial charge in [-0.1, -0.05) is 33.1 Å². The number of esters is 1. The van der Waals surface area contributed by atoms with Crippen LogP contribution in [-0.4, -0.2) is 17.7 Å². The highest BCUT2D eigenvalue weighted by Crippen LogP contribution is 2.15. The molecule has 0 fully saturated rings. The number of unbranched alkanes of at least 4 members (excludes halogenated alkanes) is 1. The van der Waals surface area contributed by atoms with Gasteiger partial charge in [0.2, 0.25) is 0 Å². The van der Waals surface area contributed by atoms with E-state index in [0.29, 0.717) is 18.1 Å². The van der Waals surface area contributed by atoms with Gasteiger partial charge >= 0.3 is 5.97 Å². The van der Waals surface area contributed by atoms with Gasteiger partial charge in [-0.3, -0.25) is 0 Å². The third-order valence-electron chi connectivity index (χ3n) is 3.10. The van der Waals surface area contributed by atoms with Crippen molar-refractivity contribution in [1.29, 1.82) is 0 Å². The molecule has 0 amide bonds. The average molecular weight is 250 g/mol. The molecule has 0 bridgehead atoms. The molecule has 0 unspecified atom stereocenters. The van der Waals surface area contributed by atoms with E-state index in [2.05, 4.69) is 13.8 Å². The summed E-state index contributed by atoms with van der Waals surface area (Å²) in [5, 5.41) is 9.14. The summed E-state index contributed by atoms with van der Waals surface area (Å²) < 4.78 is 5.30. The molecular weight excluding hydrogens is 228 g/mol. The first-order valence-electron chi connectivity index (χ1n) is 6.63. The molecule has 0 saturated heterocycles. The summed E-state index contributed by atoms with van der Waals surface area (Å²) in [7, 11) is 0. The van der Waals surface area contributed by atoms with E-state index in [-0.39, 0.29) is 11.7 Å². The molecule has 1 rings (SSSR count). The summed E-state index contributed by atoms with van der Waals surface area (Å²) in [6, 6.07) is 6.13. The lowest BCUT2D eigenvalue weighted by Gasteiger charge is -2.14. The molecule has 1 N–H and O–H groups in total. The SMILES string of the molecule is CCCC[C@@H](CC)COC(=O)c1ccc(O)cc1. The van der Waals surface area contributed by atoms with Crippen molar-refractivity contribution >= 4 is 5.97 Å². The predicted octanol–water partition coefficient (Wildman–Crippen LogP) is 3.77. The molecule has 18 heavy (non-hydrogen) atoms. The van der Waals surface area contributed by atoms with Gasteiger partial charge in [-0.25, -0.2) is 4.79 Å². The molecule has 1 aromatic rings. The zero-order chi connectivity index (χ0) is 13.4. The van der Waals surface area contributed by atoms with Crippen LogP contribution in [0.4, 0.5) is 0 Å². The third-order valence-corrected chi connectivity index (χ3v) is 3.10. The van der Waals surface area contributed by atoms with Crippen molar-refractivity contribution in [2.24, 2.45) is 5.92 Å². The normalized spacial score (nSPS) is 12.1. The number of phenols is 1. The summed E-state index contributed by atoms with van der Waals surface area (Å²) in [6.07, 6.45) is 4.48. The molecule has 0 aliphatic rings. The van der Waals surface area contributed by atoms with Crippen LogP contribution in [0.1, 0.15) is 49.9 Å². The fourth-order valence-corrected chi connectivity index (χ4v) is 1.77. The highest BCUT2D eigenvalue weighted by atomic mass is 16.5. The fourth-order valence-electron chi connectivity index (χ4n) is 1.77. The minimum atomic E-state index is -0.315. The van der Waals surface area contributed by atoms with Crippen LogP contribution in [-0.2, 0) is 4.74 Å². The van der Waals surface area contributed by atoms with Crippen LogP contribution in [0.25, 0.3) is 0 Å². The van der Waals surface area contributed by atoms with Crippen molar-refractivity contribution in [3.05, 3.63) is 29.8 Å². The van der Waals surface area contributed by atoms with Gasteiger partial charge in [-0.15, -0.1) is 0 Å². The Kier molecular flexibility index (Phi) is 6.26. The van der Waals surface area contributed by atoms with Gasteiger partial charge in [0.05, 0.1) is 12.2 Å². The summed E-state index contributed by atoms with van der Waals surface area (Å²) in [5.41, 5.74) is 0.484. The van der Waals surface area contributed by atoms with E-state index in [1.807, 2.05) is 0 Å². The quantitative estimate of drug-likeness (QED) is 0.749. The lowest BCUT2D eigenvalue weighted by molar-refractivity contribution is 0.0428. The Morgan fingerprint density at radius 3 is 2.50 bits per heavy atom. The Morgan fingerprint density at radius 1 is 1.28 bits per heavy atom. The topological polar surface area (TPSA) is 46.5 Å². The molecule has 0 aliphatic heterocycles. The molecule has 1 aromatic carbocycles. The standard InChI is InChI=1S/C15H22O3/c1-3-5-6-12(4-2)11-18-15(17)13-7-9-14(16)10-8-13/h7-10,12,16H,3-6,11H2,1-2H3/t12-/m1/s1. The van der Waals surface area contributed by atoms with Gasteiger partial charge in [0.15, 0.2) is 0 Å². The second-order valence-corrected chi connectivity index (χ2v) is 4.56. The van der Waals surface area contributed by atoms with Crippen LogP contribution in [0.3, 0.4) is 0 Å². The molecule has 3 nitrogen and oxygen atoms in total. The first-order chi connectivity index (χ1) is 8.67. The number of phenolic OH excluding ortho intramolecular Hbond substituents is 1. The smallest absolute Gasteiger partial charge is 0.338 e. The zero-order valence-electron chi connectivity index (χ0n) is 11.2. The molecule has 0 spiro atoms. The predicted molar refractivity (Wildman–Crippen MR) is 71.7 cm³/mol. The number of rotatable bonds is 7. The first kappa shape index (κ1) is 14.6. The van der Waals surface area contributed by atoms with Crippen LogP contribution >= 0.6 is 0 Å². The van der Waals surface area contributed by atoms with Crippen molar-refractivity contribution in [3.8, 4) is 5.75 Å². The number of carbonyl (C=O) groups excluding carboxylic acids is 1. The molecule has 0 aliphatic carbocycles. The van der Waals surface area contributed by atoms with Gasteiger partial charge in [-0.2, -0.15) is 0 Å². The molecule has 0 heterocycles. The van der Waals surface area contributed by atoms with Gasteiger partial charge < -0.3 is 9.84 Å². The Morgan fingerprint density at radius 2 is 1.94 bits per heavy atom. The van der Waals surface area contributed by atoms with Crippen molar-refractivity contribution in [3.63, 3.8) is 0 Å². The molecule has 0 saturated carbocycles. The third kappa shape index (κ3) is 4.78. The average Bonchev–Trinajstić information content (AvgIpc) is 2.39. The van der Waals surface area contributed by atoms with Gasteiger partial charge in [-0.05, 0) is 36.6 Å². The van der Waals surface area contributed by atoms with Gasteiger partial charge in [0, 0.05) is 0 Å². The second-order valence-electron chi connectivity index (χ2n) is 4.56. The van der Waals surface area contributed by atoms with Crippen molar-refractivity contribution < 1.29 is 14.6 Å². The van der Waals surface area contributed by atoms with Crippen molar-refractivity contribution in [2.45, 2.75) is 39.5 Å². The number of carbonyl (C=O) groups is 1. The minimum absolute atomic E-state index is 0.154. The largest absolute Gasteiger partial charge is 0.508 e. The van der Waals surface area contributed by atoms with Crippen LogP contribution < -0.4 is 0 Å². The second kappa shape index (κ2) is 7.75. The Hall–Kier alpha value is -1.51. The highest BCUT2D eigenvalue weighted by Gasteiger charge is 2.11. The number of aromatic hydroxyl groups is 1. The monoisotopic (exact) mass is 250 g/mol. The molecule has 1 atom stereocenters. The zero-order valence-corrected chi connectivity index (χ0v) is 11.2. The van der Waals surface area contributed by atoms with E-state index in [1.54, 1.807) is 12.1 Å². The van der Waals surface area contributed by atoms with E-state index < -0.39 is 0 Å². The van der Waals surface area contributed by atoms with E-state index in [9.17, 15) is 4.79 Å². The molecule has 0 aromatic heterocycles. The summed E-state index contributed by atoms with van der Waals surface area (Å²) in [6.45, 7) is 4.76. The minimum Gasteiger partial charge on any atom is -0.508 e. The first-order valence-corrected chi connectivity index (χ1v) is 6.63. The van der Waals surface area contributed by atoms with Crippen LogP contribution in [0.15, 0.2) is 24.3 Å². The molecule has 3 heteroatoms. The summed E-state index contributed by atoms with van der Waals surface area (Å²) in [5.74, 6) is 0.289. The van der Waals surface area contributed by atoms with Crippen molar-refractivity contribution in [1.82, 2.24) is 0 Å². The number of benzene rings is 1. The van der Waals surface area contributed by atoms with E-state index in [1.165, 1.54) is 25.0 Å². The van der Waals surface area contributed by atoms with E-state index in [0.717, 1.165) is 12.8 Å². The van der Waals surface area contributed by atoms with Crippen LogP contribution in [0.2, 0.25) is 0 Å². The number of ether oxygens (including phenoxy) is 1. The number of hydrogen-bond acceptors (Lipinski definition) is 3. The lowest BCUT2D eigenvalue weighted by Crippen LogP contribution is -2.13. The lowest BCUT2D eigenvalue weighted by atomic mass is 10.0. The fraction of sp³-hybridized carbons (Fsp3) is 0.533. The van der Waals surface area contributed by atoms with E-state index >= 15 is 0 Å². The van der Waals surface area contributed by atoms with Crippen LogP contribution in [0, 0.1) is 5.92 Å². The Labute approximate surface area is 109 Å². The molecular formula is C15H22O3. The summed E-state index contributed by atoms with van der Waals surface area (Å²) in [4.78, 5) is 11.7. The summed E-state index contributed by atoms with van der Waals surface area (Å²) >= 11 is 0. The van der Waals surface area contributed by atoms with Gasteiger partial charge in [0.25, 0.3) is 0 Å². The maximum atomic E-state index is 11.7.